The molecule has 3 N–H and O–H groups in total. The summed E-state index contributed by atoms with van der Waals surface area (Å²) in [4.78, 5) is 26.2. The molecule has 0 aliphatic carbocycles. The molecule has 1 aromatic heterocycles. The molecule has 2 aromatic carbocycles. The molecule has 0 unspecified atom stereocenters. The number of methoxy groups -OCH3 is 1. The molecular weight excluding hydrogens is 524 g/mol. The summed E-state index contributed by atoms with van der Waals surface area (Å²) < 4.78 is 7.24. The molecular formula is C30H42N6O3S. The van der Waals surface area contributed by atoms with Crippen LogP contribution in [0.3, 0.4) is 0 Å². The highest BCUT2D eigenvalue weighted by molar-refractivity contribution is 7.98. The lowest BCUT2D eigenvalue weighted by Crippen LogP contribution is -2.41. The molecule has 0 saturated heterocycles. The number of aryl methyl sites for hydroxylation is 1. The van der Waals surface area contributed by atoms with Crippen molar-refractivity contribution in [2.45, 2.75) is 66.8 Å². The molecule has 3 rings (SSSR count). The van der Waals surface area contributed by atoms with E-state index in [0.29, 0.717) is 28.6 Å². The van der Waals surface area contributed by atoms with Crippen LogP contribution in [0.2, 0.25) is 0 Å². The smallest absolute Gasteiger partial charge is 0.273 e. The number of thioether (sulfide) groups is 1. The molecule has 0 aliphatic rings. The van der Waals surface area contributed by atoms with E-state index in [1.165, 1.54) is 4.68 Å². The molecule has 3 aromatic rings. The molecule has 40 heavy (non-hydrogen) atoms. The average Bonchev–Trinajstić information content (AvgIpc) is 3.36. The monoisotopic (exact) mass is 566 g/mol. The van der Waals surface area contributed by atoms with Crippen molar-refractivity contribution >= 4 is 35.0 Å². The van der Waals surface area contributed by atoms with E-state index in [1.54, 1.807) is 37.2 Å². The number of carbonyl (C=O) groups excluding carboxylic acids is 2. The lowest BCUT2D eigenvalue weighted by molar-refractivity contribution is 0.0904. The number of hydrogen-bond donors (Lipinski definition) is 3. The quantitative estimate of drug-likeness (QED) is 0.271. The van der Waals surface area contributed by atoms with E-state index in [1.807, 2.05) is 32.2 Å². The zero-order chi connectivity index (χ0) is 29.8. The molecule has 1 atom stereocenters. The van der Waals surface area contributed by atoms with E-state index < -0.39 is 0 Å². The second kappa shape index (κ2) is 12.3. The highest BCUT2D eigenvalue weighted by Crippen LogP contribution is 2.39. The minimum absolute atomic E-state index is 0.0517. The first-order valence-electron chi connectivity index (χ1n) is 13.3. The molecule has 10 heteroatoms. The maximum Gasteiger partial charge on any atom is 0.273 e. The summed E-state index contributed by atoms with van der Waals surface area (Å²) in [5.74, 6) is 0.681. The van der Waals surface area contributed by atoms with Gasteiger partial charge in [-0.15, -0.1) is 16.9 Å². The fourth-order valence-corrected chi connectivity index (χ4v) is 4.12. The average molecular weight is 567 g/mol. The van der Waals surface area contributed by atoms with Gasteiger partial charge in [0.05, 0.1) is 36.2 Å². The summed E-state index contributed by atoms with van der Waals surface area (Å²) in [6.07, 6.45) is 3.59. The number of anilines is 2. The number of hydrogen-bond acceptors (Lipinski definition) is 7. The second-order valence-corrected chi connectivity index (χ2v) is 12.9. The van der Waals surface area contributed by atoms with Crippen molar-refractivity contribution in [3.63, 3.8) is 0 Å². The maximum atomic E-state index is 13.5. The predicted octanol–water partition coefficient (Wildman–Crippen LogP) is 6.03. The van der Waals surface area contributed by atoms with Crippen LogP contribution in [0, 0.1) is 12.3 Å². The van der Waals surface area contributed by atoms with Crippen molar-refractivity contribution in [3.8, 4) is 11.4 Å². The van der Waals surface area contributed by atoms with Crippen molar-refractivity contribution in [1.82, 2.24) is 20.3 Å². The molecule has 9 nitrogen and oxygen atoms in total. The third-order valence-corrected chi connectivity index (χ3v) is 7.34. The Hall–Kier alpha value is -3.53. The number of nitrogens with one attached hydrogen (secondary N) is 3. The minimum atomic E-state index is -0.295. The Morgan fingerprint density at radius 3 is 2.33 bits per heavy atom. The minimum Gasteiger partial charge on any atom is -0.492 e. The molecule has 0 spiro atoms. The van der Waals surface area contributed by atoms with Crippen molar-refractivity contribution in [1.29, 1.82) is 0 Å². The van der Waals surface area contributed by atoms with Gasteiger partial charge >= 0.3 is 0 Å². The van der Waals surface area contributed by atoms with E-state index in [4.69, 9.17) is 4.74 Å². The third-order valence-electron chi connectivity index (χ3n) is 6.91. The van der Waals surface area contributed by atoms with Crippen LogP contribution < -0.4 is 20.7 Å². The van der Waals surface area contributed by atoms with Crippen LogP contribution in [-0.4, -0.2) is 52.1 Å². The summed E-state index contributed by atoms with van der Waals surface area (Å²) in [5.41, 5.74) is 4.41. The van der Waals surface area contributed by atoms with Crippen molar-refractivity contribution in [2.24, 2.45) is 5.41 Å². The Balaban J connectivity index is 1.92. The maximum absolute atomic E-state index is 13.5. The Labute approximate surface area is 241 Å². The molecule has 0 fully saturated rings. The van der Waals surface area contributed by atoms with Gasteiger partial charge in [0, 0.05) is 11.6 Å². The third kappa shape index (κ3) is 7.35. The molecule has 0 saturated carbocycles. The van der Waals surface area contributed by atoms with Gasteiger partial charge in [-0.1, -0.05) is 52.8 Å². The fraction of sp³-hybridized carbons (Fsp3) is 0.467. The summed E-state index contributed by atoms with van der Waals surface area (Å²) >= 11 is 1.66. The number of amides is 2. The van der Waals surface area contributed by atoms with Gasteiger partial charge in [0.25, 0.3) is 11.8 Å². The van der Waals surface area contributed by atoms with Gasteiger partial charge < -0.3 is 20.7 Å². The number of aromatic nitrogens is 3. The van der Waals surface area contributed by atoms with Crippen LogP contribution in [0.15, 0.2) is 36.5 Å². The predicted molar refractivity (Wildman–Crippen MR) is 164 cm³/mol. The highest BCUT2D eigenvalue weighted by atomic mass is 32.2. The largest absolute Gasteiger partial charge is 0.492 e. The zero-order valence-electron chi connectivity index (χ0n) is 25.2. The molecule has 1 heterocycles. The lowest BCUT2D eigenvalue weighted by atomic mass is 9.86. The van der Waals surface area contributed by atoms with Gasteiger partial charge in [0.2, 0.25) is 0 Å². The van der Waals surface area contributed by atoms with Crippen molar-refractivity contribution in [3.05, 3.63) is 58.9 Å². The molecule has 0 bridgehead atoms. The van der Waals surface area contributed by atoms with Crippen molar-refractivity contribution in [2.75, 3.05) is 29.9 Å². The van der Waals surface area contributed by atoms with E-state index in [2.05, 4.69) is 73.9 Å². The number of carbonyl (C=O) groups is 2. The Bertz CT molecular complexity index is 1370. The molecule has 0 aliphatic heterocycles. The number of benzene rings is 2. The van der Waals surface area contributed by atoms with Gasteiger partial charge in [-0.05, 0) is 66.3 Å². The Morgan fingerprint density at radius 1 is 1.05 bits per heavy atom. The summed E-state index contributed by atoms with van der Waals surface area (Å²) in [7, 11) is 1.59. The van der Waals surface area contributed by atoms with Gasteiger partial charge in [-0.2, -0.15) is 0 Å². The highest BCUT2D eigenvalue weighted by Gasteiger charge is 2.24. The first-order valence-corrected chi connectivity index (χ1v) is 14.7. The first kappa shape index (κ1) is 31.0. The molecule has 2 amide bonds. The SMILES string of the molecule is COc1c(NCSC)cc(C(C)(C)C)cc1NC(=O)c1ccc(C)c(-n2cc(C(=O)N[C@@H](C)C(C)(C)C)nn2)c1. The fourth-order valence-electron chi connectivity index (χ4n) is 3.82. The van der Waals surface area contributed by atoms with Crippen LogP contribution in [0.5, 0.6) is 5.75 Å². The standard InChI is InChI=1S/C30H42N6O3S/c1-18-11-12-20(13-25(18)36-16-24(34-35-36)28(38)32-19(2)29(3,4)5)27(37)33-23-15-21(30(6,7)8)14-22(26(23)39-9)31-17-40-10/h11-16,19,31H,17H2,1-10H3,(H,32,38)(H,33,37)/t19-/m0/s1. The van der Waals surface area contributed by atoms with Gasteiger partial charge in [-0.25, -0.2) is 4.68 Å². The summed E-state index contributed by atoms with van der Waals surface area (Å²) in [5, 5.41) is 17.7. The van der Waals surface area contributed by atoms with Gasteiger partial charge in [0.15, 0.2) is 11.4 Å². The van der Waals surface area contributed by atoms with Gasteiger partial charge in [-0.3, -0.25) is 9.59 Å². The number of rotatable bonds is 9. The van der Waals surface area contributed by atoms with E-state index in [0.717, 1.165) is 16.8 Å². The van der Waals surface area contributed by atoms with E-state index in [-0.39, 0.29) is 34.4 Å². The normalized spacial score (nSPS) is 12.6. The number of ether oxygens (including phenoxy) is 1. The molecule has 216 valence electrons. The van der Waals surface area contributed by atoms with Crippen LogP contribution in [0.25, 0.3) is 5.69 Å². The van der Waals surface area contributed by atoms with Crippen molar-refractivity contribution < 1.29 is 14.3 Å². The van der Waals surface area contributed by atoms with E-state index in [9.17, 15) is 9.59 Å². The lowest BCUT2D eigenvalue weighted by Gasteiger charge is -2.27. The zero-order valence-corrected chi connectivity index (χ0v) is 26.0. The van der Waals surface area contributed by atoms with Crippen LogP contribution in [0.4, 0.5) is 11.4 Å². The van der Waals surface area contributed by atoms with E-state index >= 15 is 0 Å². The van der Waals surface area contributed by atoms with Crippen LogP contribution in [0.1, 0.15) is 80.4 Å². The van der Waals surface area contributed by atoms with Crippen LogP contribution >= 0.6 is 11.8 Å². The van der Waals surface area contributed by atoms with Crippen LogP contribution in [-0.2, 0) is 5.41 Å². The molecule has 0 radical (unpaired) electrons. The topological polar surface area (TPSA) is 110 Å². The Kier molecular flexibility index (Phi) is 9.56. The number of nitrogens with zero attached hydrogens (tertiary/aromatic N) is 3. The first-order chi connectivity index (χ1) is 18.6. The Morgan fingerprint density at radius 2 is 1.73 bits per heavy atom. The van der Waals surface area contributed by atoms with Gasteiger partial charge in [0.1, 0.15) is 0 Å². The second-order valence-electron chi connectivity index (χ2n) is 12.0. The summed E-state index contributed by atoms with van der Waals surface area (Å²) in [6, 6.07) is 9.32. The summed E-state index contributed by atoms with van der Waals surface area (Å²) in [6.45, 7) is 16.4.